The minimum Gasteiger partial charge on any atom is -0.345 e. The highest BCUT2D eigenvalue weighted by molar-refractivity contribution is 7.09. The van der Waals surface area contributed by atoms with Crippen LogP contribution in [0.25, 0.3) is 0 Å². The van der Waals surface area contributed by atoms with E-state index in [-0.39, 0.29) is 6.04 Å². The molecule has 1 aliphatic heterocycles. The summed E-state index contributed by atoms with van der Waals surface area (Å²) in [5.74, 6) is -1.07. The highest BCUT2D eigenvalue weighted by atomic mass is 32.1. The third kappa shape index (κ3) is 2.20. The number of nitrogens with two attached hydrogens (primary N) is 1. The summed E-state index contributed by atoms with van der Waals surface area (Å²) in [7, 11) is 0. The number of anilines is 1. The molecule has 15 heavy (non-hydrogen) atoms. The lowest BCUT2D eigenvalue weighted by Crippen LogP contribution is -2.26. The molecule has 1 aromatic heterocycles. The first kappa shape index (κ1) is 10.6. The summed E-state index contributed by atoms with van der Waals surface area (Å²) in [5.41, 5.74) is 5.65. The van der Waals surface area contributed by atoms with Gasteiger partial charge in [0, 0.05) is 30.7 Å². The van der Waals surface area contributed by atoms with Gasteiger partial charge in [-0.3, -0.25) is 0 Å². The highest BCUT2D eigenvalue weighted by Gasteiger charge is 2.37. The Morgan fingerprint density at radius 2 is 2.20 bits per heavy atom. The van der Waals surface area contributed by atoms with Crippen LogP contribution in [0.4, 0.5) is 18.3 Å². The summed E-state index contributed by atoms with van der Waals surface area (Å²) in [6.45, 7) is 1.19. The Morgan fingerprint density at radius 1 is 1.47 bits per heavy atom. The Hall–Kier alpha value is -0.890. The van der Waals surface area contributed by atoms with Crippen molar-refractivity contribution in [1.82, 2.24) is 9.36 Å². The lowest BCUT2D eigenvalue weighted by atomic mass is 10.3. The minimum absolute atomic E-state index is 0.0169. The van der Waals surface area contributed by atoms with Gasteiger partial charge in [0.25, 0.3) is 0 Å². The molecular weight excluding hydrogens is 229 g/mol. The molecule has 84 valence electrons. The van der Waals surface area contributed by atoms with E-state index in [4.69, 9.17) is 5.73 Å². The van der Waals surface area contributed by atoms with E-state index in [0.717, 1.165) is 18.0 Å². The normalized spacial score (nSPS) is 22.4. The van der Waals surface area contributed by atoms with Crippen molar-refractivity contribution in [2.45, 2.75) is 18.6 Å². The van der Waals surface area contributed by atoms with E-state index in [1.807, 2.05) is 0 Å². The van der Waals surface area contributed by atoms with Crippen molar-refractivity contribution in [3.63, 3.8) is 0 Å². The smallest absolute Gasteiger partial charge is 0.345 e. The maximum atomic E-state index is 12.2. The van der Waals surface area contributed by atoms with E-state index in [1.54, 1.807) is 4.90 Å². The van der Waals surface area contributed by atoms with Crippen LogP contribution in [0.3, 0.4) is 0 Å². The van der Waals surface area contributed by atoms with E-state index in [1.165, 1.54) is 0 Å². The first-order chi connectivity index (χ1) is 6.97. The molecule has 1 atom stereocenters. The topological polar surface area (TPSA) is 55.0 Å². The zero-order valence-corrected chi connectivity index (χ0v) is 8.48. The molecule has 0 amide bonds. The molecule has 8 heteroatoms. The molecule has 2 heterocycles. The van der Waals surface area contributed by atoms with Crippen molar-refractivity contribution in [2.75, 3.05) is 18.0 Å². The summed E-state index contributed by atoms with van der Waals surface area (Å²) < 4.78 is 39.9. The third-order valence-corrected chi connectivity index (χ3v) is 2.94. The van der Waals surface area contributed by atoms with Crippen molar-refractivity contribution < 1.29 is 13.2 Å². The summed E-state index contributed by atoms with van der Waals surface area (Å²) in [6.07, 6.45) is -3.68. The van der Waals surface area contributed by atoms with Crippen molar-refractivity contribution in [3.8, 4) is 0 Å². The van der Waals surface area contributed by atoms with Crippen LogP contribution >= 0.6 is 11.5 Å². The molecule has 2 rings (SSSR count). The van der Waals surface area contributed by atoms with E-state index >= 15 is 0 Å². The summed E-state index contributed by atoms with van der Waals surface area (Å²) in [4.78, 5) is 5.18. The highest BCUT2D eigenvalue weighted by Crippen LogP contribution is 2.31. The van der Waals surface area contributed by atoms with Crippen LogP contribution < -0.4 is 10.6 Å². The van der Waals surface area contributed by atoms with E-state index in [9.17, 15) is 13.2 Å². The molecule has 1 aliphatic rings. The molecule has 0 aliphatic carbocycles. The molecule has 4 nitrogen and oxygen atoms in total. The fourth-order valence-electron chi connectivity index (χ4n) is 1.42. The van der Waals surface area contributed by atoms with Gasteiger partial charge in [0.2, 0.25) is 11.0 Å². The van der Waals surface area contributed by atoms with Gasteiger partial charge in [-0.25, -0.2) is 0 Å². The predicted octanol–water partition coefficient (Wildman–Crippen LogP) is 1.09. The quantitative estimate of drug-likeness (QED) is 0.795. The number of rotatable bonds is 1. The molecule has 1 saturated heterocycles. The molecule has 2 N–H and O–H groups in total. The maximum absolute atomic E-state index is 12.2. The number of alkyl halides is 3. The molecule has 1 unspecified atom stereocenters. The van der Waals surface area contributed by atoms with Gasteiger partial charge in [-0.2, -0.15) is 22.5 Å². The number of nitrogens with zero attached hydrogens (tertiary/aromatic N) is 3. The lowest BCUT2D eigenvalue weighted by Gasteiger charge is -2.12. The van der Waals surface area contributed by atoms with Gasteiger partial charge in [0.1, 0.15) is 0 Å². The fraction of sp³-hybridized carbons (Fsp3) is 0.714. The summed E-state index contributed by atoms with van der Waals surface area (Å²) >= 11 is 0.765. The molecule has 0 radical (unpaired) electrons. The number of halogens is 3. The maximum Gasteiger partial charge on any atom is 0.452 e. The predicted molar refractivity (Wildman–Crippen MR) is 49.7 cm³/mol. The van der Waals surface area contributed by atoms with E-state index in [2.05, 4.69) is 9.36 Å². The standard InChI is InChI=1S/C7H9F3N4S/c8-7(9,10)5-12-6(15-13-5)14-2-1-4(11)3-14/h4H,1-3,11H2. The Kier molecular flexibility index (Phi) is 2.55. The van der Waals surface area contributed by atoms with Gasteiger partial charge in [-0.05, 0) is 6.42 Å². The van der Waals surface area contributed by atoms with Gasteiger partial charge in [0.05, 0.1) is 0 Å². The second-order valence-corrected chi connectivity index (χ2v) is 4.12. The Balaban J connectivity index is 2.14. The van der Waals surface area contributed by atoms with Gasteiger partial charge in [-0.15, -0.1) is 0 Å². The first-order valence-electron chi connectivity index (χ1n) is 4.38. The molecule has 0 saturated carbocycles. The van der Waals surface area contributed by atoms with Gasteiger partial charge >= 0.3 is 6.18 Å². The first-order valence-corrected chi connectivity index (χ1v) is 5.15. The van der Waals surface area contributed by atoms with Crippen molar-refractivity contribution in [3.05, 3.63) is 5.82 Å². The molecule has 1 aromatic rings. The van der Waals surface area contributed by atoms with Crippen LogP contribution in [0.15, 0.2) is 0 Å². The largest absolute Gasteiger partial charge is 0.452 e. The Bertz CT molecular complexity index is 350. The van der Waals surface area contributed by atoms with Crippen LogP contribution in [0.2, 0.25) is 0 Å². The SMILES string of the molecule is NC1CCN(c2nc(C(F)(F)F)ns2)C1. The molecule has 0 spiro atoms. The molecule has 1 fully saturated rings. The van der Waals surface area contributed by atoms with Crippen molar-refractivity contribution in [2.24, 2.45) is 5.73 Å². The fourth-order valence-corrected chi connectivity index (χ4v) is 2.14. The number of hydrogen-bond donors (Lipinski definition) is 1. The summed E-state index contributed by atoms with van der Waals surface area (Å²) in [5, 5.41) is 0.301. The zero-order chi connectivity index (χ0) is 11.1. The average molecular weight is 238 g/mol. The Labute approximate surface area is 88.1 Å². The molecular formula is C7H9F3N4S. The van der Waals surface area contributed by atoms with Crippen LogP contribution in [0, 0.1) is 0 Å². The van der Waals surface area contributed by atoms with Gasteiger partial charge < -0.3 is 10.6 Å². The second kappa shape index (κ2) is 3.60. The van der Waals surface area contributed by atoms with Gasteiger partial charge in [0.15, 0.2) is 0 Å². The summed E-state index contributed by atoms with van der Waals surface area (Å²) in [6, 6.07) is 0.0169. The van der Waals surface area contributed by atoms with Crippen molar-refractivity contribution >= 4 is 16.7 Å². The van der Waals surface area contributed by atoms with Crippen LogP contribution in [0.5, 0.6) is 0 Å². The second-order valence-electron chi connectivity index (χ2n) is 3.39. The lowest BCUT2D eigenvalue weighted by molar-refractivity contribution is -0.144. The molecule has 0 bridgehead atoms. The van der Waals surface area contributed by atoms with Crippen LogP contribution in [-0.2, 0) is 6.18 Å². The number of aromatic nitrogens is 2. The number of hydrogen-bond acceptors (Lipinski definition) is 5. The van der Waals surface area contributed by atoms with Gasteiger partial charge in [-0.1, -0.05) is 0 Å². The Morgan fingerprint density at radius 3 is 2.67 bits per heavy atom. The van der Waals surface area contributed by atoms with Crippen LogP contribution in [0.1, 0.15) is 12.2 Å². The van der Waals surface area contributed by atoms with Crippen molar-refractivity contribution in [1.29, 1.82) is 0 Å². The van der Waals surface area contributed by atoms with E-state index < -0.39 is 12.0 Å². The monoisotopic (exact) mass is 238 g/mol. The average Bonchev–Trinajstić information content (AvgIpc) is 2.69. The van der Waals surface area contributed by atoms with Crippen LogP contribution in [-0.4, -0.2) is 28.5 Å². The minimum atomic E-state index is -4.46. The van der Waals surface area contributed by atoms with E-state index in [0.29, 0.717) is 18.2 Å². The molecule has 0 aromatic carbocycles. The third-order valence-electron chi connectivity index (χ3n) is 2.16. The zero-order valence-electron chi connectivity index (χ0n) is 7.66.